The number of hydrogen-bond donors (Lipinski definition) is 0. The van der Waals surface area contributed by atoms with Gasteiger partial charge in [0.05, 0.1) is 0 Å². The molecule has 116 valence electrons. The summed E-state index contributed by atoms with van der Waals surface area (Å²) in [6, 6.07) is 11.0. The second-order valence-corrected chi connectivity index (χ2v) is 5.87. The molecule has 0 spiro atoms. The van der Waals surface area contributed by atoms with Gasteiger partial charge in [0.25, 0.3) is 0 Å². The first-order valence-corrected chi connectivity index (χ1v) is 7.87. The molecule has 0 unspecified atom stereocenters. The van der Waals surface area contributed by atoms with Gasteiger partial charge in [-0.05, 0) is 49.1 Å². The second-order valence-electron chi connectivity index (χ2n) is 5.87. The van der Waals surface area contributed by atoms with Crippen molar-refractivity contribution in [1.29, 1.82) is 0 Å². The fourth-order valence-corrected chi connectivity index (χ4v) is 3.07. The van der Waals surface area contributed by atoms with Gasteiger partial charge >= 0.3 is 0 Å². The number of rotatable bonds is 4. The van der Waals surface area contributed by atoms with Gasteiger partial charge in [-0.15, -0.1) is 0 Å². The summed E-state index contributed by atoms with van der Waals surface area (Å²) in [5.74, 6) is -0.0301. The zero-order valence-corrected chi connectivity index (χ0v) is 12.6. The van der Waals surface area contributed by atoms with Crippen LogP contribution in [0.2, 0.25) is 0 Å². The van der Waals surface area contributed by atoms with E-state index >= 15 is 0 Å². The van der Waals surface area contributed by atoms with Gasteiger partial charge in [-0.3, -0.25) is 4.79 Å². The van der Waals surface area contributed by atoms with Crippen LogP contribution in [0.1, 0.15) is 30.9 Å². The minimum absolute atomic E-state index is 0.204. The standard InChI is InChI=1S/C18H21FN2O/c19-16-6-3-15(4-7-16)5-8-18(22)21-13-9-17(10-14-21)20-11-1-2-12-20/h1-4,6-7,11-12,17H,5,8-10,13-14H2. The molecule has 0 saturated carbocycles. The molecule has 1 saturated heterocycles. The Hall–Kier alpha value is -2.10. The number of nitrogens with zero attached hydrogens (tertiary/aromatic N) is 2. The molecular weight excluding hydrogens is 279 g/mol. The van der Waals surface area contributed by atoms with Gasteiger partial charge in [0.2, 0.25) is 5.91 Å². The van der Waals surface area contributed by atoms with Crippen LogP contribution in [0.5, 0.6) is 0 Å². The predicted octanol–water partition coefficient (Wildman–Crippen LogP) is 3.42. The maximum Gasteiger partial charge on any atom is 0.222 e. The molecule has 4 heteroatoms. The van der Waals surface area contributed by atoms with Crippen LogP contribution in [-0.4, -0.2) is 28.5 Å². The van der Waals surface area contributed by atoms with E-state index in [1.54, 1.807) is 12.1 Å². The third-order valence-electron chi connectivity index (χ3n) is 4.41. The van der Waals surface area contributed by atoms with Crippen molar-refractivity contribution in [2.45, 2.75) is 31.7 Å². The average Bonchev–Trinajstić information content (AvgIpc) is 3.09. The molecule has 0 bridgehead atoms. The van der Waals surface area contributed by atoms with Crippen LogP contribution in [0.4, 0.5) is 4.39 Å². The summed E-state index contributed by atoms with van der Waals surface area (Å²) in [6.45, 7) is 1.65. The van der Waals surface area contributed by atoms with Crippen molar-refractivity contribution in [2.75, 3.05) is 13.1 Å². The Labute approximate surface area is 130 Å². The molecule has 3 rings (SSSR count). The molecule has 0 atom stereocenters. The van der Waals surface area contributed by atoms with Crippen molar-refractivity contribution in [1.82, 2.24) is 9.47 Å². The highest BCUT2D eigenvalue weighted by Crippen LogP contribution is 2.23. The molecule has 1 aliphatic heterocycles. The van der Waals surface area contributed by atoms with Crippen LogP contribution in [0.3, 0.4) is 0 Å². The summed E-state index contributed by atoms with van der Waals surface area (Å²) < 4.78 is 15.1. The van der Waals surface area contributed by atoms with Crippen molar-refractivity contribution >= 4 is 5.91 Å². The van der Waals surface area contributed by atoms with E-state index < -0.39 is 0 Å². The van der Waals surface area contributed by atoms with Crippen LogP contribution in [0.25, 0.3) is 0 Å². The zero-order chi connectivity index (χ0) is 15.4. The molecule has 3 nitrogen and oxygen atoms in total. The Balaban J connectivity index is 1.46. The molecule has 2 heterocycles. The van der Waals surface area contributed by atoms with E-state index in [0.717, 1.165) is 31.5 Å². The van der Waals surface area contributed by atoms with Gasteiger partial charge in [-0.2, -0.15) is 0 Å². The molecule has 1 aromatic heterocycles. The minimum Gasteiger partial charge on any atom is -0.351 e. The number of aromatic nitrogens is 1. The van der Waals surface area contributed by atoms with E-state index in [2.05, 4.69) is 17.0 Å². The lowest BCUT2D eigenvalue weighted by Gasteiger charge is -2.33. The van der Waals surface area contributed by atoms with Crippen LogP contribution < -0.4 is 0 Å². The van der Waals surface area contributed by atoms with E-state index in [9.17, 15) is 9.18 Å². The number of benzene rings is 1. The first kappa shape index (κ1) is 14.8. The first-order chi connectivity index (χ1) is 10.7. The summed E-state index contributed by atoms with van der Waals surface area (Å²) >= 11 is 0. The average molecular weight is 300 g/mol. The summed E-state index contributed by atoms with van der Waals surface area (Å²) in [7, 11) is 0. The largest absolute Gasteiger partial charge is 0.351 e. The van der Waals surface area contributed by atoms with Gasteiger partial charge in [0.1, 0.15) is 5.82 Å². The zero-order valence-electron chi connectivity index (χ0n) is 12.6. The van der Waals surface area contributed by atoms with Gasteiger partial charge in [-0.25, -0.2) is 4.39 Å². The molecule has 0 N–H and O–H groups in total. The van der Waals surface area contributed by atoms with Crippen molar-refractivity contribution in [2.24, 2.45) is 0 Å². The molecule has 1 aromatic carbocycles. The third kappa shape index (κ3) is 3.56. The maximum absolute atomic E-state index is 12.9. The van der Waals surface area contributed by atoms with Gasteiger partial charge < -0.3 is 9.47 Å². The summed E-state index contributed by atoms with van der Waals surface area (Å²) in [6.07, 6.45) is 7.39. The van der Waals surface area contributed by atoms with Crippen molar-refractivity contribution in [3.05, 3.63) is 60.2 Å². The number of halogens is 1. The van der Waals surface area contributed by atoms with Gasteiger partial charge in [-0.1, -0.05) is 12.1 Å². The maximum atomic E-state index is 12.9. The number of hydrogen-bond acceptors (Lipinski definition) is 1. The lowest BCUT2D eigenvalue weighted by Crippen LogP contribution is -2.39. The van der Waals surface area contributed by atoms with Crippen molar-refractivity contribution in [3.63, 3.8) is 0 Å². The first-order valence-electron chi connectivity index (χ1n) is 7.87. The highest BCUT2D eigenvalue weighted by Gasteiger charge is 2.22. The van der Waals surface area contributed by atoms with E-state index in [0.29, 0.717) is 18.9 Å². The van der Waals surface area contributed by atoms with Crippen LogP contribution in [0, 0.1) is 5.82 Å². The molecule has 1 aliphatic rings. The number of amides is 1. The molecule has 22 heavy (non-hydrogen) atoms. The van der Waals surface area contributed by atoms with E-state index in [-0.39, 0.29) is 11.7 Å². The second kappa shape index (κ2) is 6.77. The predicted molar refractivity (Wildman–Crippen MR) is 84.0 cm³/mol. The fraction of sp³-hybridized carbons (Fsp3) is 0.389. The molecular formula is C18H21FN2O. The Bertz CT molecular complexity index is 599. The quantitative estimate of drug-likeness (QED) is 0.849. The minimum atomic E-state index is -0.234. The number of likely N-dealkylation sites (tertiary alicyclic amines) is 1. The van der Waals surface area contributed by atoms with Crippen molar-refractivity contribution in [3.8, 4) is 0 Å². The topological polar surface area (TPSA) is 25.2 Å². The Morgan fingerprint density at radius 2 is 1.73 bits per heavy atom. The Kier molecular flexibility index (Phi) is 4.56. The highest BCUT2D eigenvalue weighted by atomic mass is 19.1. The molecule has 1 amide bonds. The molecule has 0 radical (unpaired) electrons. The SMILES string of the molecule is O=C(CCc1ccc(F)cc1)N1CCC(n2cccc2)CC1. The number of carbonyl (C=O) groups is 1. The van der Waals surface area contributed by atoms with Gasteiger partial charge in [0.15, 0.2) is 0 Å². The highest BCUT2D eigenvalue weighted by molar-refractivity contribution is 5.76. The molecule has 1 fully saturated rings. The number of carbonyl (C=O) groups excluding carboxylic acids is 1. The van der Waals surface area contributed by atoms with Crippen LogP contribution in [-0.2, 0) is 11.2 Å². The Morgan fingerprint density at radius 3 is 2.36 bits per heavy atom. The summed E-state index contributed by atoms with van der Waals surface area (Å²) in [5.41, 5.74) is 1.01. The van der Waals surface area contributed by atoms with Crippen LogP contribution in [0.15, 0.2) is 48.8 Å². The lowest BCUT2D eigenvalue weighted by atomic mass is 10.0. The lowest BCUT2D eigenvalue weighted by molar-refractivity contribution is -0.132. The number of piperidine rings is 1. The van der Waals surface area contributed by atoms with E-state index in [1.807, 2.05) is 17.0 Å². The fourth-order valence-electron chi connectivity index (χ4n) is 3.07. The summed E-state index contributed by atoms with van der Waals surface area (Å²) in [5, 5.41) is 0. The summed E-state index contributed by atoms with van der Waals surface area (Å²) in [4.78, 5) is 14.2. The normalized spacial score (nSPS) is 16.0. The van der Waals surface area contributed by atoms with Crippen molar-refractivity contribution < 1.29 is 9.18 Å². The third-order valence-corrected chi connectivity index (χ3v) is 4.41. The smallest absolute Gasteiger partial charge is 0.222 e. The van der Waals surface area contributed by atoms with Gasteiger partial charge in [0, 0.05) is 37.9 Å². The monoisotopic (exact) mass is 300 g/mol. The van der Waals surface area contributed by atoms with Crippen LogP contribution >= 0.6 is 0 Å². The van der Waals surface area contributed by atoms with E-state index in [4.69, 9.17) is 0 Å². The molecule has 2 aromatic rings. The number of aryl methyl sites for hydroxylation is 1. The molecule has 0 aliphatic carbocycles. The Morgan fingerprint density at radius 1 is 1.09 bits per heavy atom. The van der Waals surface area contributed by atoms with E-state index in [1.165, 1.54) is 12.1 Å².